The number of carbonyl (C=O) groups excluding carboxylic acids is 1. The highest BCUT2D eigenvalue weighted by molar-refractivity contribution is 7.10. The van der Waals surface area contributed by atoms with Crippen LogP contribution in [0.15, 0.2) is 41.8 Å². The van der Waals surface area contributed by atoms with Crippen molar-refractivity contribution in [1.29, 1.82) is 5.26 Å². The van der Waals surface area contributed by atoms with Crippen LogP contribution in [0.4, 0.5) is 5.69 Å². The number of hydrogen-bond donors (Lipinski definition) is 0. The summed E-state index contributed by atoms with van der Waals surface area (Å²) in [6.07, 6.45) is 0.502. The molecule has 0 unspecified atom stereocenters. The molecule has 0 N–H and O–H groups in total. The van der Waals surface area contributed by atoms with Crippen molar-refractivity contribution >= 4 is 22.9 Å². The molecule has 1 aliphatic heterocycles. The standard InChI is InChI=1S/C17H17N3OS/c18-13-14-3-1-4-15(11-14)19-6-8-20(9-7-19)17(21)12-16-5-2-10-22-16/h1-5,10-11H,6-9,12H2. The molecule has 0 radical (unpaired) electrons. The topological polar surface area (TPSA) is 47.3 Å². The Bertz CT molecular complexity index is 682. The maximum absolute atomic E-state index is 12.3. The third kappa shape index (κ3) is 3.29. The summed E-state index contributed by atoms with van der Waals surface area (Å²) in [4.78, 5) is 17.6. The summed E-state index contributed by atoms with van der Waals surface area (Å²) in [6.45, 7) is 3.10. The van der Waals surface area contributed by atoms with Gasteiger partial charge in [-0.15, -0.1) is 11.3 Å². The number of piperazine rings is 1. The number of hydrogen-bond acceptors (Lipinski definition) is 4. The van der Waals surface area contributed by atoms with Gasteiger partial charge in [0.1, 0.15) is 0 Å². The molecule has 2 heterocycles. The monoisotopic (exact) mass is 311 g/mol. The van der Waals surface area contributed by atoms with E-state index in [0.29, 0.717) is 12.0 Å². The molecular weight excluding hydrogens is 294 g/mol. The Kier molecular flexibility index (Phi) is 4.40. The Balaban J connectivity index is 1.58. The van der Waals surface area contributed by atoms with E-state index in [-0.39, 0.29) is 5.91 Å². The minimum absolute atomic E-state index is 0.202. The molecule has 3 rings (SSSR count). The van der Waals surface area contributed by atoms with Crippen molar-refractivity contribution < 1.29 is 4.79 Å². The SMILES string of the molecule is N#Cc1cccc(N2CCN(C(=O)Cc3cccs3)CC2)c1. The second-order valence-electron chi connectivity index (χ2n) is 5.29. The van der Waals surface area contributed by atoms with Crippen LogP contribution in [-0.2, 0) is 11.2 Å². The molecular formula is C17H17N3OS. The van der Waals surface area contributed by atoms with E-state index >= 15 is 0 Å². The molecule has 2 aromatic rings. The molecule has 1 saturated heterocycles. The summed E-state index contributed by atoms with van der Waals surface area (Å²) in [6, 6.07) is 13.8. The van der Waals surface area contributed by atoms with Crippen LogP contribution in [0.3, 0.4) is 0 Å². The van der Waals surface area contributed by atoms with Crippen LogP contribution in [0.5, 0.6) is 0 Å². The minimum Gasteiger partial charge on any atom is -0.368 e. The zero-order valence-electron chi connectivity index (χ0n) is 12.2. The second kappa shape index (κ2) is 6.63. The van der Waals surface area contributed by atoms with E-state index in [0.717, 1.165) is 36.7 Å². The van der Waals surface area contributed by atoms with Crippen molar-refractivity contribution in [2.45, 2.75) is 6.42 Å². The Labute approximate surface area is 134 Å². The van der Waals surface area contributed by atoms with Crippen LogP contribution in [-0.4, -0.2) is 37.0 Å². The minimum atomic E-state index is 0.202. The molecule has 112 valence electrons. The molecule has 0 aliphatic carbocycles. The van der Waals surface area contributed by atoms with Crippen molar-refractivity contribution in [3.05, 3.63) is 52.2 Å². The highest BCUT2D eigenvalue weighted by atomic mass is 32.1. The predicted molar refractivity (Wildman–Crippen MR) is 88.0 cm³/mol. The number of benzene rings is 1. The van der Waals surface area contributed by atoms with Gasteiger partial charge in [0.05, 0.1) is 18.1 Å². The summed E-state index contributed by atoms with van der Waals surface area (Å²) in [5.41, 5.74) is 1.73. The van der Waals surface area contributed by atoms with Crippen LogP contribution >= 0.6 is 11.3 Å². The van der Waals surface area contributed by atoms with Crippen molar-refractivity contribution in [3.63, 3.8) is 0 Å². The highest BCUT2D eigenvalue weighted by Gasteiger charge is 2.21. The van der Waals surface area contributed by atoms with Crippen molar-refractivity contribution in [2.75, 3.05) is 31.1 Å². The zero-order chi connectivity index (χ0) is 15.4. The van der Waals surface area contributed by atoms with Crippen LogP contribution in [0.1, 0.15) is 10.4 Å². The van der Waals surface area contributed by atoms with Gasteiger partial charge in [-0.25, -0.2) is 0 Å². The molecule has 1 aliphatic rings. The molecule has 5 heteroatoms. The third-order valence-electron chi connectivity index (χ3n) is 3.88. The lowest BCUT2D eigenvalue weighted by molar-refractivity contribution is -0.130. The van der Waals surface area contributed by atoms with E-state index in [4.69, 9.17) is 5.26 Å². The third-order valence-corrected chi connectivity index (χ3v) is 4.75. The molecule has 1 aromatic carbocycles. The maximum atomic E-state index is 12.3. The lowest BCUT2D eigenvalue weighted by Gasteiger charge is -2.36. The Morgan fingerprint density at radius 3 is 2.68 bits per heavy atom. The first-order valence-electron chi connectivity index (χ1n) is 7.31. The van der Waals surface area contributed by atoms with E-state index in [2.05, 4.69) is 11.0 Å². The van der Waals surface area contributed by atoms with Gasteiger partial charge < -0.3 is 9.80 Å². The summed E-state index contributed by atoms with van der Waals surface area (Å²) in [5.74, 6) is 0.202. The Hall–Kier alpha value is -2.32. The summed E-state index contributed by atoms with van der Waals surface area (Å²) < 4.78 is 0. The van der Waals surface area contributed by atoms with E-state index in [1.807, 2.05) is 46.7 Å². The number of rotatable bonds is 3. The largest absolute Gasteiger partial charge is 0.368 e. The Morgan fingerprint density at radius 2 is 2.00 bits per heavy atom. The van der Waals surface area contributed by atoms with Gasteiger partial charge in [-0.3, -0.25) is 4.79 Å². The number of amides is 1. The van der Waals surface area contributed by atoms with Crippen LogP contribution < -0.4 is 4.90 Å². The number of carbonyl (C=O) groups is 1. The molecule has 0 bridgehead atoms. The first-order chi connectivity index (χ1) is 10.8. The van der Waals surface area contributed by atoms with Gasteiger partial charge in [0.2, 0.25) is 5.91 Å². The fraction of sp³-hybridized carbons (Fsp3) is 0.294. The average molecular weight is 311 g/mol. The highest BCUT2D eigenvalue weighted by Crippen LogP contribution is 2.18. The number of nitrogens with zero attached hydrogens (tertiary/aromatic N) is 3. The van der Waals surface area contributed by atoms with Gasteiger partial charge >= 0.3 is 0 Å². The molecule has 0 saturated carbocycles. The van der Waals surface area contributed by atoms with Crippen molar-refractivity contribution in [2.24, 2.45) is 0 Å². The quantitative estimate of drug-likeness (QED) is 0.875. The first-order valence-corrected chi connectivity index (χ1v) is 8.19. The first kappa shape index (κ1) is 14.6. The maximum Gasteiger partial charge on any atom is 0.227 e. The zero-order valence-corrected chi connectivity index (χ0v) is 13.1. The van der Waals surface area contributed by atoms with Gasteiger partial charge in [0, 0.05) is 36.7 Å². The van der Waals surface area contributed by atoms with Gasteiger partial charge in [-0.05, 0) is 29.6 Å². The van der Waals surface area contributed by atoms with Crippen LogP contribution in [0, 0.1) is 11.3 Å². The second-order valence-corrected chi connectivity index (χ2v) is 6.32. The molecule has 4 nitrogen and oxygen atoms in total. The Morgan fingerprint density at radius 1 is 1.18 bits per heavy atom. The van der Waals surface area contributed by atoms with Crippen molar-refractivity contribution in [1.82, 2.24) is 4.90 Å². The molecule has 0 spiro atoms. The van der Waals surface area contributed by atoms with Gasteiger partial charge in [-0.1, -0.05) is 12.1 Å². The van der Waals surface area contributed by atoms with E-state index in [1.165, 1.54) is 0 Å². The number of anilines is 1. The molecule has 1 amide bonds. The summed E-state index contributed by atoms with van der Waals surface area (Å²) in [5, 5.41) is 11.0. The summed E-state index contributed by atoms with van der Waals surface area (Å²) in [7, 11) is 0. The molecule has 1 aromatic heterocycles. The lowest BCUT2D eigenvalue weighted by Crippen LogP contribution is -2.49. The smallest absolute Gasteiger partial charge is 0.227 e. The van der Waals surface area contributed by atoms with Gasteiger partial charge in [-0.2, -0.15) is 5.26 Å². The van der Waals surface area contributed by atoms with Gasteiger partial charge in [0.15, 0.2) is 0 Å². The molecule has 0 atom stereocenters. The van der Waals surface area contributed by atoms with E-state index in [9.17, 15) is 4.79 Å². The van der Waals surface area contributed by atoms with Crippen LogP contribution in [0.25, 0.3) is 0 Å². The number of nitriles is 1. The van der Waals surface area contributed by atoms with E-state index in [1.54, 1.807) is 11.3 Å². The van der Waals surface area contributed by atoms with Gasteiger partial charge in [0.25, 0.3) is 0 Å². The molecule has 1 fully saturated rings. The summed E-state index contributed by atoms with van der Waals surface area (Å²) >= 11 is 1.63. The molecule has 22 heavy (non-hydrogen) atoms. The fourth-order valence-electron chi connectivity index (χ4n) is 2.66. The van der Waals surface area contributed by atoms with Crippen molar-refractivity contribution in [3.8, 4) is 6.07 Å². The van der Waals surface area contributed by atoms with E-state index < -0.39 is 0 Å². The fourth-order valence-corrected chi connectivity index (χ4v) is 3.36. The predicted octanol–water partition coefficient (Wildman–Crippen LogP) is 2.51. The average Bonchev–Trinajstić information content (AvgIpc) is 3.08. The van der Waals surface area contributed by atoms with Crippen LogP contribution in [0.2, 0.25) is 0 Å². The number of thiophene rings is 1. The lowest BCUT2D eigenvalue weighted by atomic mass is 10.2. The normalized spacial score (nSPS) is 14.7.